The lowest BCUT2D eigenvalue weighted by Crippen LogP contribution is -2.61. The number of rotatable bonds is 4. The summed E-state index contributed by atoms with van der Waals surface area (Å²) < 4.78 is 46.3. The first-order chi connectivity index (χ1) is 9.59. The molecule has 0 bridgehead atoms. The number of halogens is 1. The standard InChI is InChI=1S/C14H21FN2O3S/c1-8-5-9(6-10(16)13(8)15)21(18,19)17-11-7-12(20-4)14(11,2)3/h5-6,11-12,17H,7,16H2,1-4H3. The lowest BCUT2D eigenvalue weighted by Gasteiger charge is -2.50. The average Bonchev–Trinajstić information content (AvgIpc) is 2.39. The third-order valence-electron chi connectivity index (χ3n) is 4.33. The number of anilines is 1. The molecule has 2 rings (SSSR count). The monoisotopic (exact) mass is 316 g/mol. The average molecular weight is 316 g/mol. The fraction of sp³-hybridized carbons (Fsp3) is 0.571. The fourth-order valence-corrected chi connectivity index (χ4v) is 4.18. The third kappa shape index (κ3) is 2.77. The number of methoxy groups -OCH3 is 1. The molecule has 0 radical (unpaired) electrons. The van der Waals surface area contributed by atoms with Crippen LogP contribution in [-0.4, -0.2) is 27.7 Å². The van der Waals surface area contributed by atoms with E-state index in [0.717, 1.165) is 6.07 Å². The molecule has 0 amide bonds. The van der Waals surface area contributed by atoms with Gasteiger partial charge in [-0.2, -0.15) is 0 Å². The molecular weight excluding hydrogens is 295 g/mol. The van der Waals surface area contributed by atoms with Gasteiger partial charge in [0.25, 0.3) is 0 Å². The van der Waals surface area contributed by atoms with E-state index in [9.17, 15) is 12.8 Å². The van der Waals surface area contributed by atoms with Crippen LogP contribution >= 0.6 is 0 Å². The molecule has 21 heavy (non-hydrogen) atoms. The molecule has 5 nitrogen and oxygen atoms in total. The Hall–Kier alpha value is -1.18. The number of nitrogens with one attached hydrogen (secondary N) is 1. The van der Waals surface area contributed by atoms with Gasteiger partial charge in [-0.3, -0.25) is 0 Å². The molecule has 1 aromatic rings. The van der Waals surface area contributed by atoms with Crippen molar-refractivity contribution in [3.63, 3.8) is 0 Å². The Labute approximate surface area is 124 Å². The van der Waals surface area contributed by atoms with Crippen LogP contribution in [0.4, 0.5) is 10.1 Å². The highest BCUT2D eigenvalue weighted by Crippen LogP contribution is 2.43. The highest BCUT2D eigenvalue weighted by Gasteiger charge is 2.50. The minimum atomic E-state index is -3.74. The van der Waals surface area contributed by atoms with Crippen molar-refractivity contribution in [3.05, 3.63) is 23.5 Å². The van der Waals surface area contributed by atoms with Crippen molar-refractivity contribution in [1.82, 2.24) is 4.72 Å². The molecular formula is C14H21FN2O3S. The smallest absolute Gasteiger partial charge is 0.240 e. The number of hydrogen-bond donors (Lipinski definition) is 2. The molecule has 1 aliphatic rings. The van der Waals surface area contributed by atoms with Crippen molar-refractivity contribution in [2.24, 2.45) is 5.41 Å². The van der Waals surface area contributed by atoms with Crippen LogP contribution in [0.15, 0.2) is 17.0 Å². The molecule has 0 aromatic heterocycles. The molecule has 1 aliphatic carbocycles. The van der Waals surface area contributed by atoms with E-state index in [1.54, 1.807) is 7.11 Å². The third-order valence-corrected chi connectivity index (χ3v) is 5.78. The van der Waals surface area contributed by atoms with Gasteiger partial charge in [0.15, 0.2) is 0 Å². The lowest BCUT2D eigenvalue weighted by atomic mass is 9.65. The summed E-state index contributed by atoms with van der Waals surface area (Å²) in [4.78, 5) is -0.0180. The van der Waals surface area contributed by atoms with Gasteiger partial charge in [0, 0.05) is 18.6 Å². The Morgan fingerprint density at radius 1 is 1.43 bits per heavy atom. The topological polar surface area (TPSA) is 81.4 Å². The summed E-state index contributed by atoms with van der Waals surface area (Å²) in [5.74, 6) is -0.586. The SMILES string of the molecule is COC1CC(NS(=O)(=O)c2cc(C)c(F)c(N)c2)C1(C)C. The van der Waals surface area contributed by atoms with Crippen LogP contribution in [0.1, 0.15) is 25.8 Å². The van der Waals surface area contributed by atoms with E-state index in [1.165, 1.54) is 13.0 Å². The second-order valence-electron chi connectivity index (χ2n) is 6.10. The summed E-state index contributed by atoms with van der Waals surface area (Å²) in [7, 11) is -2.12. The van der Waals surface area contributed by atoms with E-state index >= 15 is 0 Å². The van der Waals surface area contributed by atoms with Gasteiger partial charge in [-0.05, 0) is 31.0 Å². The van der Waals surface area contributed by atoms with Gasteiger partial charge in [-0.25, -0.2) is 17.5 Å². The quantitative estimate of drug-likeness (QED) is 0.830. The number of ether oxygens (including phenoxy) is 1. The van der Waals surface area contributed by atoms with Crippen molar-refractivity contribution >= 4 is 15.7 Å². The van der Waals surface area contributed by atoms with Crippen molar-refractivity contribution < 1.29 is 17.5 Å². The predicted octanol–water partition coefficient (Wildman–Crippen LogP) is 1.81. The first-order valence-corrected chi connectivity index (χ1v) is 8.18. The van der Waals surface area contributed by atoms with Crippen LogP contribution in [-0.2, 0) is 14.8 Å². The first kappa shape index (κ1) is 16.2. The number of nitrogen functional groups attached to an aromatic ring is 1. The summed E-state index contributed by atoms with van der Waals surface area (Å²) in [6.45, 7) is 5.38. The Morgan fingerprint density at radius 3 is 2.52 bits per heavy atom. The lowest BCUT2D eigenvalue weighted by molar-refractivity contribution is -0.0908. The Morgan fingerprint density at radius 2 is 2.05 bits per heavy atom. The molecule has 1 saturated carbocycles. The zero-order chi connectivity index (χ0) is 16.0. The highest BCUT2D eigenvalue weighted by atomic mass is 32.2. The molecule has 2 atom stereocenters. The van der Waals surface area contributed by atoms with Crippen LogP contribution in [0.2, 0.25) is 0 Å². The molecule has 0 saturated heterocycles. The van der Waals surface area contributed by atoms with E-state index in [0.29, 0.717) is 6.42 Å². The van der Waals surface area contributed by atoms with Gasteiger partial charge < -0.3 is 10.5 Å². The van der Waals surface area contributed by atoms with Gasteiger partial charge in [0.05, 0.1) is 16.7 Å². The van der Waals surface area contributed by atoms with Gasteiger partial charge in [0.1, 0.15) is 5.82 Å². The molecule has 1 aromatic carbocycles. The predicted molar refractivity (Wildman–Crippen MR) is 78.9 cm³/mol. The fourth-order valence-electron chi connectivity index (χ4n) is 2.66. The minimum absolute atomic E-state index is 0.0180. The Balaban J connectivity index is 2.25. The first-order valence-electron chi connectivity index (χ1n) is 6.70. The zero-order valence-electron chi connectivity index (χ0n) is 12.6. The minimum Gasteiger partial charge on any atom is -0.396 e. The normalized spacial score (nSPS) is 24.6. The maximum absolute atomic E-state index is 13.5. The molecule has 2 unspecified atom stereocenters. The van der Waals surface area contributed by atoms with E-state index in [1.807, 2.05) is 13.8 Å². The molecule has 0 heterocycles. The van der Waals surface area contributed by atoms with Gasteiger partial charge in [-0.1, -0.05) is 13.8 Å². The maximum atomic E-state index is 13.5. The molecule has 1 fully saturated rings. The molecule has 118 valence electrons. The van der Waals surface area contributed by atoms with E-state index in [2.05, 4.69) is 4.72 Å². The summed E-state index contributed by atoms with van der Waals surface area (Å²) in [6.07, 6.45) is 0.628. The summed E-state index contributed by atoms with van der Waals surface area (Å²) in [5.41, 5.74) is 5.25. The largest absolute Gasteiger partial charge is 0.396 e. The van der Waals surface area contributed by atoms with Crippen LogP contribution < -0.4 is 10.5 Å². The Kier molecular flexibility index (Phi) is 4.03. The summed E-state index contributed by atoms with van der Waals surface area (Å²) >= 11 is 0. The second-order valence-corrected chi connectivity index (χ2v) is 7.81. The van der Waals surface area contributed by atoms with Crippen LogP contribution in [0, 0.1) is 18.2 Å². The van der Waals surface area contributed by atoms with E-state index in [4.69, 9.17) is 10.5 Å². The number of aryl methyl sites for hydroxylation is 1. The number of nitrogens with two attached hydrogens (primary N) is 1. The van der Waals surface area contributed by atoms with E-state index < -0.39 is 15.8 Å². The zero-order valence-corrected chi connectivity index (χ0v) is 13.4. The van der Waals surface area contributed by atoms with Crippen molar-refractivity contribution in [2.75, 3.05) is 12.8 Å². The van der Waals surface area contributed by atoms with Crippen LogP contribution in [0.3, 0.4) is 0 Å². The van der Waals surface area contributed by atoms with Crippen LogP contribution in [0.5, 0.6) is 0 Å². The molecule has 7 heteroatoms. The number of hydrogen-bond acceptors (Lipinski definition) is 4. The summed E-state index contributed by atoms with van der Waals surface area (Å²) in [5, 5.41) is 0. The Bertz CT molecular complexity index is 635. The van der Waals surface area contributed by atoms with Gasteiger partial charge >= 0.3 is 0 Å². The van der Waals surface area contributed by atoms with Crippen molar-refractivity contribution in [1.29, 1.82) is 0 Å². The van der Waals surface area contributed by atoms with Crippen molar-refractivity contribution in [2.45, 2.75) is 44.2 Å². The molecule has 3 N–H and O–H groups in total. The number of sulfonamides is 1. The van der Waals surface area contributed by atoms with Gasteiger partial charge in [0.2, 0.25) is 10.0 Å². The van der Waals surface area contributed by atoms with E-state index in [-0.39, 0.29) is 33.7 Å². The van der Waals surface area contributed by atoms with Crippen molar-refractivity contribution in [3.8, 4) is 0 Å². The van der Waals surface area contributed by atoms with Crippen LogP contribution in [0.25, 0.3) is 0 Å². The molecule has 0 spiro atoms. The maximum Gasteiger partial charge on any atom is 0.240 e. The summed E-state index contributed by atoms with van der Waals surface area (Å²) in [6, 6.07) is 2.21. The van der Waals surface area contributed by atoms with Gasteiger partial charge in [-0.15, -0.1) is 0 Å². The number of benzene rings is 1. The molecule has 0 aliphatic heterocycles. The second kappa shape index (κ2) is 5.23. The highest BCUT2D eigenvalue weighted by molar-refractivity contribution is 7.89.